The highest BCUT2D eigenvalue weighted by molar-refractivity contribution is 5.90. The molecular formula is C24H26F3NO5. The third-order valence-electron chi connectivity index (χ3n) is 5.77. The summed E-state index contributed by atoms with van der Waals surface area (Å²) < 4.78 is 52.2. The van der Waals surface area contributed by atoms with E-state index in [1.54, 1.807) is 36.4 Å². The number of methoxy groups -OCH3 is 1. The lowest BCUT2D eigenvalue weighted by Crippen LogP contribution is -2.48. The van der Waals surface area contributed by atoms with E-state index in [1.807, 2.05) is 6.92 Å². The standard InChI is InChI=1S/C24H26F3NO5/c1-16(17-3-5-18(6-4-17)21(29)31-2)28-22(30)23(11-13-32-14-12-23)19-7-9-20(10-8-19)33-15-24(25,26)27/h3-10,16H,11-15H2,1-2H3,(H,28,30)/t16-/m0/s1. The quantitative estimate of drug-likeness (QED) is 0.616. The first-order valence-corrected chi connectivity index (χ1v) is 10.5. The summed E-state index contributed by atoms with van der Waals surface area (Å²) in [6.07, 6.45) is -3.54. The number of nitrogens with one attached hydrogen (secondary N) is 1. The van der Waals surface area contributed by atoms with E-state index < -0.39 is 24.2 Å². The van der Waals surface area contributed by atoms with Crippen LogP contribution in [0.5, 0.6) is 5.75 Å². The van der Waals surface area contributed by atoms with Crippen LogP contribution in [0, 0.1) is 0 Å². The molecule has 0 unspecified atom stereocenters. The number of carbonyl (C=O) groups is 2. The molecule has 3 rings (SSSR count). The fourth-order valence-electron chi connectivity index (χ4n) is 3.85. The minimum Gasteiger partial charge on any atom is -0.484 e. The SMILES string of the molecule is COC(=O)c1ccc([C@H](C)NC(=O)C2(c3ccc(OCC(F)(F)F)cc3)CCOCC2)cc1. The first-order chi connectivity index (χ1) is 15.6. The molecule has 1 fully saturated rings. The van der Waals surface area contributed by atoms with Gasteiger partial charge in [-0.25, -0.2) is 4.79 Å². The van der Waals surface area contributed by atoms with Gasteiger partial charge in [0.2, 0.25) is 5.91 Å². The Hall–Kier alpha value is -3.07. The smallest absolute Gasteiger partial charge is 0.422 e. The molecule has 0 aliphatic carbocycles. The van der Waals surface area contributed by atoms with Crippen molar-refractivity contribution < 1.29 is 37.0 Å². The summed E-state index contributed by atoms with van der Waals surface area (Å²) in [7, 11) is 1.31. The van der Waals surface area contributed by atoms with Gasteiger partial charge in [0.15, 0.2) is 6.61 Å². The van der Waals surface area contributed by atoms with Gasteiger partial charge in [-0.05, 0) is 55.2 Å². The second-order valence-electron chi connectivity index (χ2n) is 7.93. The van der Waals surface area contributed by atoms with E-state index in [1.165, 1.54) is 19.2 Å². The summed E-state index contributed by atoms with van der Waals surface area (Å²) in [6, 6.07) is 12.6. The molecule has 33 heavy (non-hydrogen) atoms. The lowest BCUT2D eigenvalue weighted by atomic mass is 9.73. The van der Waals surface area contributed by atoms with Crippen LogP contribution < -0.4 is 10.1 Å². The van der Waals surface area contributed by atoms with Crippen molar-refractivity contribution in [3.8, 4) is 5.75 Å². The Morgan fingerprint density at radius 2 is 1.67 bits per heavy atom. The lowest BCUT2D eigenvalue weighted by Gasteiger charge is -2.37. The summed E-state index contributed by atoms with van der Waals surface area (Å²) in [5.74, 6) is -0.556. The molecule has 1 aliphatic rings. The number of hydrogen-bond acceptors (Lipinski definition) is 5. The van der Waals surface area contributed by atoms with Crippen molar-refractivity contribution in [2.24, 2.45) is 0 Å². The van der Waals surface area contributed by atoms with Gasteiger partial charge in [0.25, 0.3) is 0 Å². The molecule has 1 aliphatic heterocycles. The van der Waals surface area contributed by atoms with Crippen LogP contribution in [-0.2, 0) is 19.7 Å². The van der Waals surface area contributed by atoms with E-state index in [0.29, 0.717) is 37.2 Å². The zero-order valence-corrected chi connectivity index (χ0v) is 18.4. The highest BCUT2D eigenvalue weighted by Crippen LogP contribution is 2.37. The average molecular weight is 465 g/mol. The van der Waals surface area contributed by atoms with Gasteiger partial charge in [-0.3, -0.25) is 4.79 Å². The van der Waals surface area contributed by atoms with Crippen molar-refractivity contribution in [3.63, 3.8) is 0 Å². The van der Waals surface area contributed by atoms with Crippen molar-refractivity contribution in [1.82, 2.24) is 5.32 Å². The molecule has 2 aromatic carbocycles. The van der Waals surface area contributed by atoms with Gasteiger partial charge >= 0.3 is 12.1 Å². The number of carbonyl (C=O) groups excluding carboxylic acids is 2. The second kappa shape index (κ2) is 10.2. The highest BCUT2D eigenvalue weighted by Gasteiger charge is 2.42. The third-order valence-corrected chi connectivity index (χ3v) is 5.77. The van der Waals surface area contributed by atoms with Gasteiger partial charge in [0.1, 0.15) is 5.75 Å². The largest absolute Gasteiger partial charge is 0.484 e. The molecule has 1 atom stereocenters. The maximum atomic E-state index is 13.4. The monoisotopic (exact) mass is 465 g/mol. The highest BCUT2D eigenvalue weighted by atomic mass is 19.4. The van der Waals surface area contributed by atoms with Gasteiger partial charge in [-0.1, -0.05) is 24.3 Å². The van der Waals surface area contributed by atoms with Gasteiger partial charge in [-0.2, -0.15) is 13.2 Å². The van der Waals surface area contributed by atoms with Crippen LogP contribution in [-0.4, -0.2) is 45.0 Å². The topological polar surface area (TPSA) is 73.9 Å². The molecule has 1 N–H and O–H groups in total. The lowest BCUT2D eigenvalue weighted by molar-refractivity contribution is -0.153. The number of alkyl halides is 3. The zero-order chi connectivity index (χ0) is 24.1. The van der Waals surface area contributed by atoms with E-state index in [4.69, 9.17) is 14.2 Å². The molecule has 0 radical (unpaired) electrons. The Bertz CT molecular complexity index is 952. The minimum absolute atomic E-state index is 0.0813. The van der Waals surface area contributed by atoms with E-state index in [9.17, 15) is 22.8 Å². The molecular weight excluding hydrogens is 439 g/mol. The fraction of sp³-hybridized carbons (Fsp3) is 0.417. The molecule has 1 saturated heterocycles. The van der Waals surface area contributed by atoms with Crippen LogP contribution in [0.15, 0.2) is 48.5 Å². The summed E-state index contributed by atoms with van der Waals surface area (Å²) in [5, 5.41) is 3.04. The van der Waals surface area contributed by atoms with Gasteiger partial charge in [0.05, 0.1) is 24.1 Å². The van der Waals surface area contributed by atoms with E-state index in [2.05, 4.69) is 5.32 Å². The Balaban J connectivity index is 1.76. The number of halogens is 3. The normalized spacial score (nSPS) is 16.5. The number of esters is 1. The zero-order valence-electron chi connectivity index (χ0n) is 18.4. The number of rotatable bonds is 7. The molecule has 0 aromatic heterocycles. The molecule has 0 bridgehead atoms. The van der Waals surface area contributed by atoms with Crippen molar-refractivity contribution in [2.75, 3.05) is 26.9 Å². The Morgan fingerprint density at radius 3 is 2.21 bits per heavy atom. The predicted octanol–water partition coefficient (Wildman–Crippen LogP) is 4.34. The average Bonchev–Trinajstić information content (AvgIpc) is 2.82. The van der Waals surface area contributed by atoms with Crippen molar-refractivity contribution >= 4 is 11.9 Å². The molecule has 9 heteroatoms. The van der Waals surface area contributed by atoms with Crippen LogP contribution in [0.25, 0.3) is 0 Å². The van der Waals surface area contributed by atoms with Gasteiger partial charge in [-0.15, -0.1) is 0 Å². The number of ether oxygens (including phenoxy) is 3. The van der Waals surface area contributed by atoms with E-state index in [0.717, 1.165) is 5.56 Å². The third kappa shape index (κ3) is 6.04. The van der Waals surface area contributed by atoms with Gasteiger partial charge in [0, 0.05) is 13.2 Å². The fourth-order valence-corrected chi connectivity index (χ4v) is 3.85. The summed E-state index contributed by atoms with van der Waals surface area (Å²) >= 11 is 0. The first-order valence-electron chi connectivity index (χ1n) is 10.5. The Labute approximate surface area is 190 Å². The predicted molar refractivity (Wildman–Crippen MR) is 114 cm³/mol. The number of hydrogen-bond donors (Lipinski definition) is 1. The number of amides is 1. The summed E-state index contributed by atoms with van der Waals surface area (Å²) in [4.78, 5) is 25.1. The molecule has 1 heterocycles. The summed E-state index contributed by atoms with van der Waals surface area (Å²) in [5.41, 5.74) is 1.04. The Kier molecular flexibility index (Phi) is 7.63. The molecule has 178 valence electrons. The molecule has 2 aromatic rings. The van der Waals surface area contributed by atoms with Crippen LogP contribution >= 0.6 is 0 Å². The maximum Gasteiger partial charge on any atom is 0.422 e. The van der Waals surface area contributed by atoms with E-state index >= 15 is 0 Å². The molecule has 1 amide bonds. The summed E-state index contributed by atoms with van der Waals surface area (Å²) in [6.45, 7) is 1.24. The molecule has 0 spiro atoms. The molecule has 6 nitrogen and oxygen atoms in total. The van der Waals surface area contributed by atoms with Crippen LogP contribution in [0.2, 0.25) is 0 Å². The van der Waals surface area contributed by atoms with Crippen molar-refractivity contribution in [2.45, 2.75) is 37.4 Å². The second-order valence-corrected chi connectivity index (χ2v) is 7.93. The van der Waals surface area contributed by atoms with Gasteiger partial charge < -0.3 is 19.5 Å². The van der Waals surface area contributed by atoms with Crippen LogP contribution in [0.3, 0.4) is 0 Å². The van der Waals surface area contributed by atoms with Crippen molar-refractivity contribution in [3.05, 3.63) is 65.2 Å². The first kappa shape index (κ1) is 24.6. The van der Waals surface area contributed by atoms with Crippen LogP contribution in [0.1, 0.15) is 47.3 Å². The Morgan fingerprint density at radius 1 is 1.06 bits per heavy atom. The maximum absolute atomic E-state index is 13.4. The van der Waals surface area contributed by atoms with Crippen molar-refractivity contribution in [1.29, 1.82) is 0 Å². The van der Waals surface area contributed by atoms with E-state index in [-0.39, 0.29) is 17.7 Å². The molecule has 0 saturated carbocycles. The number of benzene rings is 2. The van der Waals surface area contributed by atoms with Crippen LogP contribution in [0.4, 0.5) is 13.2 Å². The minimum atomic E-state index is -4.42.